The van der Waals surface area contributed by atoms with Gasteiger partial charge in [-0.1, -0.05) is 0 Å². The minimum absolute atomic E-state index is 0.136. The van der Waals surface area contributed by atoms with E-state index in [1.807, 2.05) is 23.7 Å². The van der Waals surface area contributed by atoms with Crippen molar-refractivity contribution in [3.8, 4) is 5.75 Å². The third-order valence-electron chi connectivity index (χ3n) is 7.54. The Balaban J connectivity index is 1.37. The number of amides is 1. The van der Waals surface area contributed by atoms with Crippen molar-refractivity contribution in [2.75, 3.05) is 38.6 Å². The molecule has 1 aromatic heterocycles. The number of aromatic nitrogens is 1. The number of aryl methyl sites for hydroxylation is 1. The number of anilines is 1. The van der Waals surface area contributed by atoms with E-state index in [1.54, 1.807) is 13.3 Å². The van der Waals surface area contributed by atoms with Gasteiger partial charge < -0.3 is 20.1 Å². The van der Waals surface area contributed by atoms with Crippen LogP contribution < -0.4 is 15.5 Å². The molecule has 1 saturated heterocycles. The lowest BCUT2D eigenvalue weighted by Crippen LogP contribution is -2.49. The summed E-state index contributed by atoms with van der Waals surface area (Å²) < 4.78 is 32.2. The molecule has 3 aromatic rings. The minimum Gasteiger partial charge on any atom is -0.497 e. The molecule has 4 rings (SSSR count). The summed E-state index contributed by atoms with van der Waals surface area (Å²) in [5.41, 5.74) is 4.09. The molecule has 4 N–H and O–H groups in total. The summed E-state index contributed by atoms with van der Waals surface area (Å²) in [5.74, 6) is -0.934. The molecule has 0 spiro atoms. The molecule has 38 heavy (non-hydrogen) atoms. The maximum Gasteiger partial charge on any atom is 0.249 e. The molecule has 0 unspecified atom stereocenters. The number of nitrogens with one attached hydrogen (secondary N) is 2. The van der Waals surface area contributed by atoms with Crippen LogP contribution in [0.5, 0.6) is 5.75 Å². The largest absolute Gasteiger partial charge is 0.497 e. The van der Waals surface area contributed by atoms with Gasteiger partial charge in [-0.15, -0.1) is 0 Å². The van der Waals surface area contributed by atoms with Crippen molar-refractivity contribution in [1.82, 2.24) is 15.4 Å². The molecule has 10 heteroatoms. The number of carbonyl (C=O) groups is 1. The fraction of sp³-hybridized carbons (Fsp3) is 0.429. The zero-order valence-electron chi connectivity index (χ0n) is 21.5. The minimum atomic E-state index is -0.704. The quantitative estimate of drug-likeness (QED) is 0.220. The van der Waals surface area contributed by atoms with Gasteiger partial charge in [0.2, 0.25) is 5.91 Å². The third kappa shape index (κ3) is 6.38. The molecule has 1 aliphatic heterocycles. The molecule has 2 aromatic carbocycles. The molecule has 8 nitrogen and oxygen atoms in total. The first-order chi connectivity index (χ1) is 18.4. The van der Waals surface area contributed by atoms with Gasteiger partial charge in [0.05, 0.1) is 24.6 Å². The van der Waals surface area contributed by atoms with E-state index in [0.717, 1.165) is 28.1 Å². The molecule has 1 fully saturated rings. The second kappa shape index (κ2) is 12.5. The van der Waals surface area contributed by atoms with Crippen molar-refractivity contribution in [3.05, 3.63) is 65.4 Å². The van der Waals surface area contributed by atoms with E-state index in [1.165, 1.54) is 12.1 Å². The number of likely N-dealkylation sites (tertiary alicyclic amines) is 1. The molecule has 0 atom stereocenters. The van der Waals surface area contributed by atoms with E-state index >= 15 is 0 Å². The summed E-state index contributed by atoms with van der Waals surface area (Å²) in [5, 5.41) is 23.4. The van der Waals surface area contributed by atoms with Crippen molar-refractivity contribution >= 4 is 22.5 Å². The number of aliphatic hydroxyl groups is 1. The number of hydroxylamine groups is 1. The van der Waals surface area contributed by atoms with E-state index in [0.29, 0.717) is 69.7 Å². The molecule has 1 aliphatic rings. The predicted octanol–water partition coefficient (Wildman–Crippen LogP) is 4.04. The van der Waals surface area contributed by atoms with E-state index in [9.17, 15) is 23.9 Å². The van der Waals surface area contributed by atoms with E-state index < -0.39 is 17.0 Å². The lowest BCUT2D eigenvalue weighted by atomic mass is 9.73. The SMILES string of the molecule is COc1ccc2ncc(CO)c(CCCC3(C(=O)NO)CCN(CCNc4cc(F)cc(F)c4)CC3)c2c1. The molecule has 2 heterocycles. The van der Waals surface area contributed by atoms with Crippen LogP contribution in [0.1, 0.15) is 36.8 Å². The van der Waals surface area contributed by atoms with Crippen LogP contribution in [0.4, 0.5) is 14.5 Å². The van der Waals surface area contributed by atoms with E-state index in [4.69, 9.17) is 4.74 Å². The maximum atomic E-state index is 13.4. The molecule has 0 saturated carbocycles. The fourth-order valence-corrected chi connectivity index (χ4v) is 5.36. The van der Waals surface area contributed by atoms with Crippen LogP contribution in [-0.4, -0.2) is 59.4 Å². The number of hydrogen-bond acceptors (Lipinski definition) is 7. The molecule has 204 valence electrons. The Morgan fingerprint density at radius 2 is 1.89 bits per heavy atom. The molecule has 1 amide bonds. The average molecular weight is 529 g/mol. The van der Waals surface area contributed by atoms with Crippen LogP contribution >= 0.6 is 0 Å². The summed E-state index contributed by atoms with van der Waals surface area (Å²) in [6.45, 7) is 2.33. The van der Waals surface area contributed by atoms with Gasteiger partial charge in [0.25, 0.3) is 0 Å². The number of pyridine rings is 1. The number of piperidine rings is 1. The van der Waals surface area contributed by atoms with E-state index in [-0.39, 0.29) is 12.5 Å². The van der Waals surface area contributed by atoms with Gasteiger partial charge in [-0.05, 0) is 86.7 Å². The highest BCUT2D eigenvalue weighted by Gasteiger charge is 2.40. The van der Waals surface area contributed by atoms with Gasteiger partial charge in [-0.3, -0.25) is 15.0 Å². The van der Waals surface area contributed by atoms with Crippen LogP contribution in [0.3, 0.4) is 0 Å². The zero-order valence-corrected chi connectivity index (χ0v) is 21.5. The van der Waals surface area contributed by atoms with Crippen molar-refractivity contribution in [1.29, 1.82) is 0 Å². The first-order valence-corrected chi connectivity index (χ1v) is 12.8. The number of methoxy groups -OCH3 is 1. The second-order valence-corrected chi connectivity index (χ2v) is 9.80. The van der Waals surface area contributed by atoms with Gasteiger partial charge in [0.15, 0.2) is 0 Å². The van der Waals surface area contributed by atoms with Gasteiger partial charge in [-0.2, -0.15) is 0 Å². The average Bonchev–Trinajstić information content (AvgIpc) is 2.92. The number of aliphatic hydroxyl groups excluding tert-OH is 1. The maximum absolute atomic E-state index is 13.4. The number of hydrogen-bond donors (Lipinski definition) is 4. The molecule has 0 bridgehead atoms. The number of nitrogens with zero attached hydrogens (tertiary/aromatic N) is 2. The number of ether oxygens (including phenoxy) is 1. The smallest absolute Gasteiger partial charge is 0.249 e. The van der Waals surface area contributed by atoms with Crippen LogP contribution in [0.2, 0.25) is 0 Å². The number of halogens is 2. The number of carbonyl (C=O) groups excluding carboxylic acids is 1. The van der Waals surface area contributed by atoms with E-state index in [2.05, 4.69) is 15.2 Å². The predicted molar refractivity (Wildman–Crippen MR) is 140 cm³/mol. The summed E-state index contributed by atoms with van der Waals surface area (Å²) in [4.78, 5) is 19.4. The zero-order chi connectivity index (χ0) is 27.1. The van der Waals surface area contributed by atoms with Crippen molar-refractivity contribution in [2.24, 2.45) is 5.41 Å². The van der Waals surface area contributed by atoms with Crippen LogP contribution in [0, 0.1) is 17.0 Å². The third-order valence-corrected chi connectivity index (χ3v) is 7.54. The van der Waals surface area contributed by atoms with Crippen LogP contribution in [0.25, 0.3) is 10.9 Å². The Morgan fingerprint density at radius 1 is 1.16 bits per heavy atom. The Bertz CT molecular complexity index is 1240. The molecular formula is C28H34F2N4O4. The van der Waals surface area contributed by atoms with Crippen LogP contribution in [-0.2, 0) is 17.8 Å². The first kappa shape index (κ1) is 27.7. The molecule has 0 radical (unpaired) electrons. The Labute approximate surface area is 220 Å². The highest BCUT2D eigenvalue weighted by molar-refractivity contribution is 5.84. The number of rotatable bonds is 11. The van der Waals surface area contributed by atoms with Gasteiger partial charge >= 0.3 is 0 Å². The van der Waals surface area contributed by atoms with Gasteiger partial charge in [0.1, 0.15) is 17.4 Å². The Morgan fingerprint density at radius 3 is 2.55 bits per heavy atom. The Hall–Kier alpha value is -3.34. The number of fused-ring (bicyclic) bond motifs is 1. The fourth-order valence-electron chi connectivity index (χ4n) is 5.36. The van der Waals surface area contributed by atoms with Gasteiger partial charge in [0, 0.05) is 36.4 Å². The van der Waals surface area contributed by atoms with Crippen molar-refractivity contribution in [2.45, 2.75) is 38.7 Å². The summed E-state index contributed by atoms with van der Waals surface area (Å²) in [6.07, 6.45) is 4.74. The van der Waals surface area contributed by atoms with Crippen molar-refractivity contribution in [3.63, 3.8) is 0 Å². The molecular weight excluding hydrogens is 494 g/mol. The topological polar surface area (TPSA) is 107 Å². The summed E-state index contributed by atoms with van der Waals surface area (Å²) in [6, 6.07) is 8.98. The second-order valence-electron chi connectivity index (χ2n) is 9.80. The first-order valence-electron chi connectivity index (χ1n) is 12.8. The van der Waals surface area contributed by atoms with Gasteiger partial charge in [-0.25, -0.2) is 14.3 Å². The van der Waals surface area contributed by atoms with Crippen molar-refractivity contribution < 1.29 is 28.6 Å². The van der Waals surface area contributed by atoms with Crippen LogP contribution in [0.15, 0.2) is 42.6 Å². The monoisotopic (exact) mass is 528 g/mol. The highest BCUT2D eigenvalue weighted by atomic mass is 19.1. The number of benzene rings is 2. The lowest BCUT2D eigenvalue weighted by molar-refractivity contribution is -0.143. The standard InChI is InChI=1S/C28H34F2N4O4/c1-38-23-4-5-26-25(16-23)24(19(18-35)17-32-26)3-2-6-28(27(36)33-37)7-10-34(11-8-28)12-9-31-22-14-20(29)13-21(30)15-22/h4-5,13-17,31,35,37H,2-3,6-12,18H2,1H3,(H,33,36). The summed E-state index contributed by atoms with van der Waals surface area (Å²) >= 11 is 0. The normalized spacial score (nSPS) is 15.4. The molecule has 0 aliphatic carbocycles. The Kier molecular flexibility index (Phi) is 9.09. The highest BCUT2D eigenvalue weighted by Crippen LogP contribution is 2.38. The lowest BCUT2D eigenvalue weighted by Gasteiger charge is -2.40. The summed E-state index contributed by atoms with van der Waals surface area (Å²) in [7, 11) is 1.60.